The van der Waals surface area contributed by atoms with Crippen molar-refractivity contribution in [3.63, 3.8) is 0 Å². The largest absolute Gasteiger partial charge is 0.451 e. The molecule has 0 N–H and O–H groups in total. The molecular formula is C19H22N4O5S2. The van der Waals surface area contributed by atoms with Gasteiger partial charge in [0.15, 0.2) is 33.0 Å². The summed E-state index contributed by atoms with van der Waals surface area (Å²) in [7, 11) is -3.12. The summed E-state index contributed by atoms with van der Waals surface area (Å²) in [6, 6.07) is 1.35. The van der Waals surface area contributed by atoms with Gasteiger partial charge in [0, 0.05) is 29.9 Å². The molecule has 2 fully saturated rings. The molecule has 1 saturated heterocycles. The number of hydrogen-bond donors (Lipinski definition) is 0. The van der Waals surface area contributed by atoms with Crippen LogP contribution in [0.25, 0.3) is 10.8 Å². The summed E-state index contributed by atoms with van der Waals surface area (Å²) < 4.78 is 29.0. The topological polar surface area (TPSA) is 119 Å². The highest BCUT2D eigenvalue weighted by atomic mass is 32.2. The predicted molar refractivity (Wildman–Crippen MR) is 110 cm³/mol. The second kappa shape index (κ2) is 8.76. The van der Waals surface area contributed by atoms with Crippen molar-refractivity contribution < 1.29 is 22.7 Å². The zero-order valence-electron chi connectivity index (χ0n) is 16.3. The Kier molecular flexibility index (Phi) is 6.09. The van der Waals surface area contributed by atoms with E-state index in [-0.39, 0.29) is 35.2 Å². The number of amides is 1. The fraction of sp³-hybridized carbons (Fsp3) is 0.526. The highest BCUT2D eigenvalue weighted by Crippen LogP contribution is 2.29. The van der Waals surface area contributed by atoms with Crippen molar-refractivity contribution in [3.05, 3.63) is 29.5 Å². The molecule has 3 heterocycles. The third-order valence-corrected chi connectivity index (χ3v) is 7.99. The van der Waals surface area contributed by atoms with Crippen molar-refractivity contribution in [1.29, 1.82) is 0 Å². The minimum absolute atomic E-state index is 0.00982. The number of esters is 1. The molecule has 0 bridgehead atoms. The van der Waals surface area contributed by atoms with Crippen LogP contribution < -0.4 is 0 Å². The number of thiazole rings is 1. The Morgan fingerprint density at radius 3 is 2.53 bits per heavy atom. The lowest BCUT2D eigenvalue weighted by Crippen LogP contribution is -2.48. The number of ether oxygens (including phenoxy) is 1. The van der Waals surface area contributed by atoms with Crippen LogP contribution in [0.15, 0.2) is 23.8 Å². The molecule has 1 atom stereocenters. The molecule has 1 unspecified atom stereocenters. The molecule has 1 saturated carbocycles. The predicted octanol–water partition coefficient (Wildman–Crippen LogP) is 1.72. The molecular weight excluding hydrogens is 428 g/mol. The second-order valence-corrected chi connectivity index (χ2v) is 10.6. The SMILES string of the molecule is O=C(OCC(=O)N(C1CCCC1)C1CCS(=O)(=O)C1)c1csc(-c2ncccn2)n1. The maximum Gasteiger partial charge on any atom is 0.358 e. The highest BCUT2D eigenvalue weighted by molar-refractivity contribution is 7.91. The van der Waals surface area contributed by atoms with E-state index >= 15 is 0 Å². The van der Waals surface area contributed by atoms with Crippen LogP contribution in [0.4, 0.5) is 0 Å². The maximum absolute atomic E-state index is 12.9. The van der Waals surface area contributed by atoms with Crippen molar-refractivity contribution in [2.75, 3.05) is 18.1 Å². The van der Waals surface area contributed by atoms with E-state index in [1.165, 1.54) is 16.7 Å². The van der Waals surface area contributed by atoms with Gasteiger partial charge in [-0.3, -0.25) is 4.79 Å². The van der Waals surface area contributed by atoms with Crippen LogP contribution >= 0.6 is 11.3 Å². The van der Waals surface area contributed by atoms with E-state index in [2.05, 4.69) is 15.0 Å². The Balaban J connectivity index is 1.40. The third-order valence-electron chi connectivity index (χ3n) is 5.40. The first kappa shape index (κ1) is 20.9. The number of carbonyl (C=O) groups excluding carboxylic acids is 2. The van der Waals surface area contributed by atoms with Crippen molar-refractivity contribution in [2.24, 2.45) is 0 Å². The van der Waals surface area contributed by atoms with Gasteiger partial charge in [-0.1, -0.05) is 12.8 Å². The Bertz CT molecular complexity index is 1020. The van der Waals surface area contributed by atoms with E-state index in [1.807, 2.05) is 0 Å². The first-order chi connectivity index (χ1) is 14.4. The van der Waals surface area contributed by atoms with Crippen LogP contribution in [0.2, 0.25) is 0 Å². The van der Waals surface area contributed by atoms with Crippen LogP contribution in [0.1, 0.15) is 42.6 Å². The summed E-state index contributed by atoms with van der Waals surface area (Å²) in [6.07, 6.45) is 7.33. The Hall–Kier alpha value is -2.40. The standard InChI is InChI=1S/C19H22N4O5S2/c24-16(23(13-4-1-2-5-13)14-6-9-30(26,27)12-14)10-28-19(25)15-11-29-18(22-15)17-20-7-3-8-21-17/h3,7-8,11,13-14H,1-2,4-6,9-10,12H2. The molecule has 1 aliphatic carbocycles. The summed E-state index contributed by atoms with van der Waals surface area (Å²) in [5.41, 5.74) is 0.0890. The summed E-state index contributed by atoms with van der Waals surface area (Å²) >= 11 is 1.21. The fourth-order valence-corrected chi connectivity index (χ4v) is 6.48. The molecule has 2 aliphatic rings. The van der Waals surface area contributed by atoms with Gasteiger partial charge in [0.2, 0.25) is 0 Å². The first-order valence-electron chi connectivity index (χ1n) is 9.84. The van der Waals surface area contributed by atoms with Crippen LogP contribution in [0.5, 0.6) is 0 Å². The number of carbonyl (C=O) groups is 2. The molecule has 1 aliphatic heterocycles. The molecule has 2 aromatic heterocycles. The van der Waals surface area contributed by atoms with E-state index in [0.29, 0.717) is 17.3 Å². The van der Waals surface area contributed by atoms with Gasteiger partial charge in [-0.15, -0.1) is 11.3 Å². The number of hydrogen-bond acceptors (Lipinski definition) is 9. The van der Waals surface area contributed by atoms with Gasteiger partial charge in [0.1, 0.15) is 0 Å². The van der Waals surface area contributed by atoms with Crippen LogP contribution in [0, 0.1) is 0 Å². The van der Waals surface area contributed by atoms with Gasteiger partial charge in [-0.05, 0) is 25.3 Å². The molecule has 0 radical (unpaired) electrons. The van der Waals surface area contributed by atoms with Gasteiger partial charge in [-0.25, -0.2) is 28.2 Å². The molecule has 9 nitrogen and oxygen atoms in total. The van der Waals surface area contributed by atoms with Gasteiger partial charge in [-0.2, -0.15) is 0 Å². The Morgan fingerprint density at radius 2 is 1.87 bits per heavy atom. The van der Waals surface area contributed by atoms with Crippen LogP contribution in [-0.2, 0) is 19.4 Å². The monoisotopic (exact) mass is 450 g/mol. The van der Waals surface area contributed by atoms with Gasteiger partial charge >= 0.3 is 5.97 Å². The van der Waals surface area contributed by atoms with Crippen molar-refractivity contribution in [3.8, 4) is 10.8 Å². The van der Waals surface area contributed by atoms with Gasteiger partial charge < -0.3 is 9.64 Å². The van der Waals surface area contributed by atoms with Crippen LogP contribution in [-0.4, -0.2) is 70.3 Å². The average Bonchev–Trinajstić information content (AvgIpc) is 3.48. The van der Waals surface area contributed by atoms with Crippen LogP contribution in [0.3, 0.4) is 0 Å². The zero-order chi connectivity index (χ0) is 21.1. The minimum Gasteiger partial charge on any atom is -0.451 e. The lowest BCUT2D eigenvalue weighted by Gasteiger charge is -2.33. The minimum atomic E-state index is -3.12. The second-order valence-electron chi connectivity index (χ2n) is 7.48. The summed E-state index contributed by atoms with van der Waals surface area (Å²) in [6.45, 7) is -0.430. The van der Waals surface area contributed by atoms with Crippen molar-refractivity contribution in [1.82, 2.24) is 19.9 Å². The molecule has 0 aromatic carbocycles. The molecule has 4 rings (SSSR count). The number of nitrogens with zero attached hydrogens (tertiary/aromatic N) is 4. The van der Waals surface area contributed by atoms with Gasteiger partial charge in [0.05, 0.1) is 11.5 Å². The van der Waals surface area contributed by atoms with Gasteiger partial charge in [0.25, 0.3) is 5.91 Å². The molecule has 160 valence electrons. The first-order valence-corrected chi connectivity index (χ1v) is 12.5. The third kappa shape index (κ3) is 4.67. The number of rotatable bonds is 6. The number of aromatic nitrogens is 3. The zero-order valence-corrected chi connectivity index (χ0v) is 17.9. The summed E-state index contributed by atoms with van der Waals surface area (Å²) in [4.78, 5) is 39.3. The Labute approximate surface area is 178 Å². The quantitative estimate of drug-likeness (QED) is 0.610. The maximum atomic E-state index is 12.9. The molecule has 1 amide bonds. The fourth-order valence-electron chi connectivity index (χ4n) is 4.04. The van der Waals surface area contributed by atoms with E-state index in [4.69, 9.17) is 4.74 Å². The summed E-state index contributed by atoms with van der Waals surface area (Å²) in [5, 5.41) is 2.02. The lowest BCUT2D eigenvalue weighted by molar-refractivity contribution is -0.139. The molecule has 30 heavy (non-hydrogen) atoms. The van der Waals surface area contributed by atoms with Crippen molar-refractivity contribution in [2.45, 2.75) is 44.2 Å². The van der Waals surface area contributed by atoms with E-state index in [9.17, 15) is 18.0 Å². The Morgan fingerprint density at radius 1 is 1.13 bits per heavy atom. The van der Waals surface area contributed by atoms with E-state index in [1.54, 1.807) is 23.4 Å². The molecule has 11 heteroatoms. The number of sulfone groups is 1. The van der Waals surface area contributed by atoms with Crippen molar-refractivity contribution >= 4 is 33.1 Å². The summed E-state index contributed by atoms with van der Waals surface area (Å²) in [5.74, 6) is -0.564. The molecule has 0 spiro atoms. The lowest BCUT2D eigenvalue weighted by atomic mass is 10.1. The smallest absolute Gasteiger partial charge is 0.358 e. The van der Waals surface area contributed by atoms with E-state index in [0.717, 1.165) is 25.7 Å². The molecule has 2 aromatic rings. The van der Waals surface area contributed by atoms with E-state index < -0.39 is 22.4 Å². The normalized spacial score (nSPS) is 20.9. The average molecular weight is 451 g/mol. The highest BCUT2D eigenvalue weighted by Gasteiger charge is 2.39.